The van der Waals surface area contributed by atoms with Gasteiger partial charge in [-0.15, -0.1) is 0 Å². The molecule has 0 heterocycles. The third kappa shape index (κ3) is 6.79. The average Bonchev–Trinajstić information content (AvgIpc) is 2.40. The minimum Gasteiger partial charge on any atom is -0.317 e. The van der Waals surface area contributed by atoms with Crippen LogP contribution in [0, 0.1) is 11.8 Å². The minimum absolute atomic E-state index is 0.778. The first-order valence-corrected chi connectivity index (χ1v) is 8.99. The molecule has 0 aromatic heterocycles. The van der Waals surface area contributed by atoms with E-state index in [1.807, 2.05) is 0 Å². The van der Waals surface area contributed by atoms with Gasteiger partial charge in [-0.25, -0.2) is 0 Å². The zero-order chi connectivity index (χ0) is 13.9. The lowest BCUT2D eigenvalue weighted by atomic mass is 9.80. The van der Waals surface area contributed by atoms with Crippen LogP contribution < -0.4 is 5.32 Å². The molecule has 2 unspecified atom stereocenters. The monoisotopic (exact) mass is 267 g/mol. The number of hydrogen-bond donors (Lipinski definition) is 1. The zero-order valence-corrected chi connectivity index (χ0v) is 13.7. The van der Waals surface area contributed by atoms with Crippen LogP contribution in [-0.2, 0) is 0 Å². The minimum atomic E-state index is 0.778. The Labute approximate surface area is 121 Å². The third-order valence-electron chi connectivity index (χ3n) is 5.22. The maximum absolute atomic E-state index is 3.66. The Morgan fingerprint density at radius 2 is 1.63 bits per heavy atom. The van der Waals surface area contributed by atoms with Crippen LogP contribution in [0.25, 0.3) is 0 Å². The molecule has 1 rings (SSSR count). The predicted molar refractivity (Wildman–Crippen MR) is 86.6 cm³/mol. The van der Waals surface area contributed by atoms with Crippen molar-refractivity contribution in [1.29, 1.82) is 0 Å². The first-order valence-electron chi connectivity index (χ1n) is 8.99. The van der Waals surface area contributed by atoms with Gasteiger partial charge in [0.05, 0.1) is 0 Å². The maximum atomic E-state index is 3.66. The fourth-order valence-corrected chi connectivity index (χ4v) is 3.78. The van der Waals surface area contributed by atoms with E-state index in [-0.39, 0.29) is 0 Å². The van der Waals surface area contributed by atoms with E-state index in [9.17, 15) is 0 Å². The van der Waals surface area contributed by atoms with Crippen LogP contribution in [0.15, 0.2) is 0 Å². The van der Waals surface area contributed by atoms with Gasteiger partial charge in [-0.1, -0.05) is 71.6 Å². The fourth-order valence-electron chi connectivity index (χ4n) is 3.78. The molecule has 0 saturated heterocycles. The van der Waals surface area contributed by atoms with E-state index in [0.717, 1.165) is 17.9 Å². The van der Waals surface area contributed by atoms with Crippen molar-refractivity contribution in [3.63, 3.8) is 0 Å². The highest BCUT2D eigenvalue weighted by molar-refractivity contribution is 4.79. The van der Waals surface area contributed by atoms with Crippen molar-refractivity contribution < 1.29 is 0 Å². The second-order valence-corrected chi connectivity index (χ2v) is 6.65. The normalized spacial score (nSPS) is 21.6. The number of unbranched alkanes of at least 4 members (excludes halogenated alkanes) is 1. The first-order chi connectivity index (χ1) is 9.31. The Kier molecular flexibility index (Phi) is 9.59. The molecule has 0 bridgehead atoms. The predicted octanol–water partition coefficient (Wildman–Crippen LogP) is 5.54. The van der Waals surface area contributed by atoms with Crippen molar-refractivity contribution in [2.75, 3.05) is 7.05 Å². The molecule has 1 nitrogen and oxygen atoms in total. The fraction of sp³-hybridized carbons (Fsp3) is 1.00. The largest absolute Gasteiger partial charge is 0.317 e. The van der Waals surface area contributed by atoms with Crippen molar-refractivity contribution in [1.82, 2.24) is 5.32 Å². The molecule has 114 valence electrons. The summed E-state index contributed by atoms with van der Waals surface area (Å²) in [7, 11) is 2.19. The van der Waals surface area contributed by atoms with Crippen LogP contribution in [0.4, 0.5) is 0 Å². The van der Waals surface area contributed by atoms with E-state index < -0.39 is 0 Å². The Balaban J connectivity index is 2.43. The lowest BCUT2D eigenvalue weighted by molar-refractivity contribution is 0.246. The Hall–Kier alpha value is -0.0400. The van der Waals surface area contributed by atoms with E-state index >= 15 is 0 Å². The summed E-state index contributed by atoms with van der Waals surface area (Å²) in [5.74, 6) is 1.89. The molecule has 1 aliphatic rings. The van der Waals surface area contributed by atoms with Gasteiger partial charge in [0.25, 0.3) is 0 Å². The van der Waals surface area contributed by atoms with Gasteiger partial charge in [0.2, 0.25) is 0 Å². The van der Waals surface area contributed by atoms with Crippen LogP contribution in [0.1, 0.15) is 90.9 Å². The standard InChI is InChI=1S/C18H37N/c1-4-6-12-16(5-2)15-18(19-3)17-13-10-8-7-9-11-14-17/h16-19H,4-15H2,1-3H3. The van der Waals surface area contributed by atoms with Crippen molar-refractivity contribution in [3.05, 3.63) is 0 Å². The molecule has 1 heteroatoms. The molecule has 0 radical (unpaired) electrons. The molecular weight excluding hydrogens is 230 g/mol. The highest BCUT2D eigenvalue weighted by atomic mass is 14.9. The molecule has 1 fully saturated rings. The molecule has 0 aromatic rings. The molecule has 2 atom stereocenters. The summed E-state index contributed by atoms with van der Waals surface area (Å²) >= 11 is 0. The molecule has 0 amide bonds. The van der Waals surface area contributed by atoms with Crippen molar-refractivity contribution in [2.45, 2.75) is 96.9 Å². The second kappa shape index (κ2) is 10.7. The lowest BCUT2D eigenvalue weighted by Crippen LogP contribution is -2.36. The smallest absolute Gasteiger partial charge is 0.00949 e. The highest BCUT2D eigenvalue weighted by Crippen LogP contribution is 2.29. The first kappa shape index (κ1) is 17.0. The summed E-state index contributed by atoms with van der Waals surface area (Å²) in [6.45, 7) is 4.70. The SMILES string of the molecule is CCCCC(CC)CC(NC)C1CCCCCCC1. The molecule has 1 aliphatic carbocycles. The Bertz CT molecular complexity index is 194. The van der Waals surface area contributed by atoms with Gasteiger partial charge < -0.3 is 5.32 Å². The summed E-state index contributed by atoms with van der Waals surface area (Å²) in [6, 6.07) is 0.778. The summed E-state index contributed by atoms with van der Waals surface area (Å²) in [4.78, 5) is 0. The molecule has 1 saturated carbocycles. The van der Waals surface area contributed by atoms with Crippen LogP contribution in [0.2, 0.25) is 0 Å². The molecule has 0 spiro atoms. The summed E-state index contributed by atoms with van der Waals surface area (Å²) in [5, 5.41) is 3.66. The van der Waals surface area contributed by atoms with Gasteiger partial charge in [0, 0.05) is 6.04 Å². The number of nitrogens with one attached hydrogen (secondary N) is 1. The van der Waals surface area contributed by atoms with Crippen molar-refractivity contribution in [2.24, 2.45) is 11.8 Å². The molecule has 1 N–H and O–H groups in total. The molecule has 0 aliphatic heterocycles. The summed E-state index contributed by atoms with van der Waals surface area (Å²) in [6.07, 6.45) is 17.3. The summed E-state index contributed by atoms with van der Waals surface area (Å²) < 4.78 is 0. The zero-order valence-electron chi connectivity index (χ0n) is 13.7. The van der Waals surface area contributed by atoms with E-state index in [1.165, 1.54) is 77.0 Å². The maximum Gasteiger partial charge on any atom is 0.00949 e. The van der Waals surface area contributed by atoms with Crippen LogP contribution in [0.5, 0.6) is 0 Å². The van der Waals surface area contributed by atoms with Crippen LogP contribution in [-0.4, -0.2) is 13.1 Å². The van der Waals surface area contributed by atoms with E-state index in [1.54, 1.807) is 0 Å². The van der Waals surface area contributed by atoms with Gasteiger partial charge in [-0.2, -0.15) is 0 Å². The Morgan fingerprint density at radius 1 is 1.00 bits per heavy atom. The van der Waals surface area contributed by atoms with E-state index in [2.05, 4.69) is 26.2 Å². The van der Waals surface area contributed by atoms with Crippen molar-refractivity contribution in [3.8, 4) is 0 Å². The van der Waals surface area contributed by atoms with Crippen LogP contribution >= 0.6 is 0 Å². The van der Waals surface area contributed by atoms with E-state index in [4.69, 9.17) is 0 Å². The number of hydrogen-bond acceptors (Lipinski definition) is 1. The van der Waals surface area contributed by atoms with Crippen LogP contribution in [0.3, 0.4) is 0 Å². The van der Waals surface area contributed by atoms with E-state index in [0.29, 0.717) is 0 Å². The van der Waals surface area contributed by atoms with Crippen molar-refractivity contribution >= 4 is 0 Å². The Morgan fingerprint density at radius 3 is 2.16 bits per heavy atom. The number of rotatable bonds is 8. The topological polar surface area (TPSA) is 12.0 Å². The van der Waals surface area contributed by atoms with Gasteiger partial charge in [0.15, 0.2) is 0 Å². The van der Waals surface area contributed by atoms with Gasteiger partial charge in [-0.05, 0) is 38.1 Å². The molecule has 0 aromatic carbocycles. The van der Waals surface area contributed by atoms with Gasteiger partial charge >= 0.3 is 0 Å². The summed E-state index contributed by atoms with van der Waals surface area (Å²) in [5.41, 5.74) is 0. The van der Waals surface area contributed by atoms with Gasteiger partial charge in [0.1, 0.15) is 0 Å². The molecule has 19 heavy (non-hydrogen) atoms. The lowest BCUT2D eigenvalue weighted by Gasteiger charge is -2.31. The van der Waals surface area contributed by atoms with Gasteiger partial charge in [-0.3, -0.25) is 0 Å². The highest BCUT2D eigenvalue weighted by Gasteiger charge is 2.23. The average molecular weight is 268 g/mol. The third-order valence-corrected chi connectivity index (χ3v) is 5.22. The second-order valence-electron chi connectivity index (χ2n) is 6.65. The molecular formula is C18H37N. The quantitative estimate of drug-likeness (QED) is 0.608.